The number of rotatable bonds is 5. The van der Waals surface area contributed by atoms with Crippen molar-refractivity contribution in [2.75, 3.05) is 5.75 Å². The molecule has 3 atom stereocenters. The predicted octanol–water partition coefficient (Wildman–Crippen LogP) is 1.37. The molecule has 0 unspecified atom stereocenters. The van der Waals surface area contributed by atoms with Gasteiger partial charge < -0.3 is 15.7 Å². The Labute approximate surface area is 115 Å². The van der Waals surface area contributed by atoms with Crippen molar-refractivity contribution in [3.8, 4) is 0 Å². The maximum Gasteiger partial charge on any atom is 0.315 e. The van der Waals surface area contributed by atoms with Crippen LogP contribution in [0.15, 0.2) is 0 Å². The number of aliphatic carboxylic acids is 1. The number of carboxylic acids is 1. The number of hydrogen-bond acceptors (Lipinski definition) is 3. The van der Waals surface area contributed by atoms with Gasteiger partial charge in [0, 0.05) is 17.4 Å². The Morgan fingerprint density at radius 2 is 2.18 bits per heavy atom. The van der Waals surface area contributed by atoms with Crippen molar-refractivity contribution in [1.82, 2.24) is 10.6 Å². The Morgan fingerprint density at radius 3 is 2.88 bits per heavy atom. The first-order valence-corrected chi connectivity index (χ1v) is 6.62. The summed E-state index contributed by atoms with van der Waals surface area (Å²) < 4.78 is 0. The normalized spacial score (nSPS) is 30.1. The number of amides is 2. The number of urea groups is 1. The summed E-state index contributed by atoms with van der Waals surface area (Å²) >= 11 is 1.87. The number of carbonyl (C=O) groups is 2. The van der Waals surface area contributed by atoms with Crippen LogP contribution in [-0.4, -0.2) is 40.2 Å². The van der Waals surface area contributed by atoms with Gasteiger partial charge in [-0.25, -0.2) is 4.79 Å². The van der Waals surface area contributed by atoms with Gasteiger partial charge in [-0.05, 0) is 12.8 Å². The van der Waals surface area contributed by atoms with Crippen LogP contribution in [0.5, 0.6) is 0 Å². The largest absolute Gasteiger partial charge is 0.481 e. The summed E-state index contributed by atoms with van der Waals surface area (Å²) in [5, 5.41) is 14.8. The molecule has 2 rings (SSSR count). The number of carbonyl (C=O) groups excluding carboxylic acids is 1. The monoisotopic (exact) mass is 324 g/mol. The van der Waals surface area contributed by atoms with Gasteiger partial charge in [0.2, 0.25) is 0 Å². The van der Waals surface area contributed by atoms with Crippen LogP contribution in [0.3, 0.4) is 0 Å². The van der Waals surface area contributed by atoms with E-state index < -0.39 is 5.97 Å². The molecule has 0 aromatic carbocycles. The van der Waals surface area contributed by atoms with Crippen LogP contribution in [0.2, 0.25) is 0 Å². The predicted molar refractivity (Wildman–Crippen MR) is 71.9 cm³/mol. The molecule has 0 aromatic rings. The van der Waals surface area contributed by atoms with Crippen molar-refractivity contribution in [3.05, 3.63) is 0 Å². The lowest BCUT2D eigenvalue weighted by atomic mass is 10.0. The summed E-state index contributed by atoms with van der Waals surface area (Å²) in [5.41, 5.74) is 0. The van der Waals surface area contributed by atoms with Crippen LogP contribution >= 0.6 is 28.7 Å². The Morgan fingerprint density at radius 1 is 1.41 bits per heavy atom. The van der Waals surface area contributed by atoms with E-state index >= 15 is 0 Å². The first kappa shape index (κ1) is 14.6. The van der Waals surface area contributed by atoms with Crippen LogP contribution in [-0.2, 0) is 4.79 Å². The molecule has 2 aliphatic rings. The highest BCUT2D eigenvalue weighted by Gasteiger charge is 2.42. The highest BCUT2D eigenvalue weighted by molar-refractivity contribution is 8.93. The van der Waals surface area contributed by atoms with Crippen molar-refractivity contribution < 1.29 is 14.7 Å². The summed E-state index contributed by atoms with van der Waals surface area (Å²) in [7, 11) is 0. The van der Waals surface area contributed by atoms with E-state index in [2.05, 4.69) is 10.6 Å². The van der Waals surface area contributed by atoms with E-state index in [4.69, 9.17) is 5.11 Å². The minimum absolute atomic E-state index is 0. The highest BCUT2D eigenvalue weighted by atomic mass is 79.9. The van der Waals surface area contributed by atoms with Crippen LogP contribution in [0, 0.1) is 0 Å². The molecule has 2 saturated heterocycles. The fraction of sp³-hybridized carbons (Fsp3) is 0.800. The number of halogens is 1. The van der Waals surface area contributed by atoms with Gasteiger partial charge in [0.25, 0.3) is 0 Å². The lowest BCUT2D eigenvalue weighted by molar-refractivity contribution is -0.137. The zero-order chi connectivity index (χ0) is 11.5. The van der Waals surface area contributed by atoms with Gasteiger partial charge in [-0.2, -0.15) is 11.8 Å². The Balaban J connectivity index is 0.00000144. The van der Waals surface area contributed by atoms with Crippen molar-refractivity contribution >= 4 is 40.7 Å². The zero-order valence-electron chi connectivity index (χ0n) is 9.35. The fourth-order valence-corrected chi connectivity index (χ4v) is 3.81. The first-order chi connectivity index (χ1) is 7.66. The van der Waals surface area contributed by atoms with Gasteiger partial charge in [0.15, 0.2) is 0 Å². The third-order valence-corrected chi connectivity index (χ3v) is 4.58. The average molecular weight is 325 g/mol. The number of thioether (sulfide) groups is 1. The molecule has 2 aliphatic heterocycles. The molecular weight excluding hydrogens is 308 g/mol. The molecular formula is C10H17BrN2O3S. The first-order valence-electron chi connectivity index (χ1n) is 5.57. The highest BCUT2D eigenvalue weighted by Crippen LogP contribution is 2.33. The maximum atomic E-state index is 11.1. The third-order valence-electron chi connectivity index (χ3n) is 3.07. The Bertz CT molecular complexity index is 303. The number of hydrogen-bond donors (Lipinski definition) is 3. The Hall–Kier alpha value is -0.430. The molecule has 0 saturated carbocycles. The SMILES string of the molecule is Br.O=C(O)CCCC[C@@H]1SC[C@@H]2NC(=O)N[C@@H]21. The lowest BCUT2D eigenvalue weighted by Gasteiger charge is -2.16. The maximum absolute atomic E-state index is 11.1. The van der Waals surface area contributed by atoms with Gasteiger partial charge in [0.1, 0.15) is 0 Å². The van der Waals surface area contributed by atoms with Crippen LogP contribution in [0.4, 0.5) is 4.79 Å². The average Bonchev–Trinajstić information content (AvgIpc) is 2.72. The summed E-state index contributed by atoms with van der Waals surface area (Å²) in [4.78, 5) is 21.5. The van der Waals surface area contributed by atoms with E-state index in [9.17, 15) is 9.59 Å². The van der Waals surface area contributed by atoms with Crippen molar-refractivity contribution in [2.45, 2.75) is 43.0 Å². The standard InChI is InChI=1S/C10H16N2O3S.BrH/c13-8(14)4-2-1-3-7-9-6(5-16-7)11-10(15)12-9;/h6-7,9H,1-5H2,(H,13,14)(H2,11,12,15);1H/t6-,7-,9-;/m0./s1. The number of nitrogens with one attached hydrogen (secondary N) is 2. The van der Waals surface area contributed by atoms with Gasteiger partial charge in [-0.3, -0.25) is 4.79 Å². The van der Waals surface area contributed by atoms with Crippen LogP contribution in [0.1, 0.15) is 25.7 Å². The molecule has 3 N–H and O–H groups in total. The summed E-state index contributed by atoms with van der Waals surface area (Å²) in [6.45, 7) is 0. The molecule has 0 bridgehead atoms. The Kier molecular flexibility index (Phi) is 5.58. The molecule has 7 heteroatoms. The molecule has 5 nitrogen and oxygen atoms in total. The van der Waals surface area contributed by atoms with Gasteiger partial charge in [0.05, 0.1) is 12.1 Å². The van der Waals surface area contributed by atoms with Crippen LogP contribution < -0.4 is 10.6 Å². The minimum Gasteiger partial charge on any atom is -0.481 e. The molecule has 0 radical (unpaired) electrons. The minimum atomic E-state index is -0.729. The van der Waals surface area contributed by atoms with E-state index in [1.807, 2.05) is 11.8 Å². The second-order valence-corrected chi connectivity index (χ2v) is 5.53. The quantitative estimate of drug-likeness (QED) is 0.527. The van der Waals surface area contributed by atoms with Gasteiger partial charge in [-0.15, -0.1) is 17.0 Å². The zero-order valence-corrected chi connectivity index (χ0v) is 11.9. The summed E-state index contributed by atoms with van der Waals surface area (Å²) in [6.07, 6.45) is 2.88. The van der Waals surface area contributed by atoms with Crippen molar-refractivity contribution in [3.63, 3.8) is 0 Å². The summed E-state index contributed by atoms with van der Waals surface area (Å²) in [6, 6.07) is 0.440. The lowest BCUT2D eigenvalue weighted by Crippen LogP contribution is -2.36. The molecule has 98 valence electrons. The van der Waals surface area contributed by atoms with Crippen LogP contribution in [0.25, 0.3) is 0 Å². The number of carboxylic acid groups (broad SMARTS) is 1. The fourth-order valence-electron chi connectivity index (χ4n) is 2.26. The summed E-state index contributed by atoms with van der Waals surface area (Å²) in [5.74, 6) is 0.236. The van der Waals surface area contributed by atoms with Gasteiger partial charge >= 0.3 is 12.0 Å². The van der Waals surface area contributed by atoms with E-state index in [1.54, 1.807) is 0 Å². The molecule has 2 amide bonds. The molecule has 2 fully saturated rings. The van der Waals surface area contributed by atoms with E-state index in [1.165, 1.54) is 0 Å². The van der Waals surface area contributed by atoms with E-state index in [-0.39, 0.29) is 41.5 Å². The van der Waals surface area contributed by atoms with Crippen molar-refractivity contribution in [2.24, 2.45) is 0 Å². The second kappa shape index (κ2) is 6.49. The van der Waals surface area contributed by atoms with Gasteiger partial charge in [-0.1, -0.05) is 6.42 Å². The topological polar surface area (TPSA) is 78.4 Å². The number of unbranched alkanes of at least 4 members (excludes halogenated alkanes) is 1. The van der Waals surface area contributed by atoms with Crippen molar-refractivity contribution in [1.29, 1.82) is 0 Å². The second-order valence-electron chi connectivity index (χ2n) is 4.26. The molecule has 0 aliphatic carbocycles. The molecule has 0 aromatic heterocycles. The molecule has 17 heavy (non-hydrogen) atoms. The molecule has 0 spiro atoms. The third kappa shape index (κ3) is 3.77. The number of fused-ring (bicyclic) bond motifs is 1. The van der Waals surface area contributed by atoms with E-state index in [0.29, 0.717) is 5.25 Å². The molecule has 2 heterocycles. The van der Waals surface area contributed by atoms with E-state index in [0.717, 1.165) is 25.0 Å². The smallest absolute Gasteiger partial charge is 0.315 e.